The number of hydrogen-bond acceptors (Lipinski definition) is 4. The second kappa shape index (κ2) is 8.86. The Balaban J connectivity index is 2.30. The van der Waals surface area contributed by atoms with Crippen molar-refractivity contribution in [2.24, 2.45) is 0 Å². The molecule has 0 aliphatic heterocycles. The van der Waals surface area contributed by atoms with E-state index in [0.717, 1.165) is 22.6 Å². The highest BCUT2D eigenvalue weighted by Gasteiger charge is 2.14. The third-order valence-electron chi connectivity index (χ3n) is 4.07. The second-order valence-electron chi connectivity index (χ2n) is 5.98. The Morgan fingerprint density at radius 3 is 2.24 bits per heavy atom. The van der Waals surface area contributed by atoms with Crippen molar-refractivity contribution in [3.05, 3.63) is 52.6 Å². The molecule has 0 spiro atoms. The molecule has 2 aromatic carbocycles. The molecule has 0 amide bonds. The van der Waals surface area contributed by atoms with E-state index in [9.17, 15) is 0 Å². The Morgan fingerprint density at radius 2 is 1.56 bits per heavy atom. The topological polar surface area (TPSA) is 27.7 Å². The summed E-state index contributed by atoms with van der Waals surface area (Å²) in [6, 6.07) is 9.95. The molecule has 0 aromatic heterocycles. The predicted octanol–water partition coefficient (Wildman–Crippen LogP) is 5.71. The molecule has 0 bridgehead atoms. The van der Waals surface area contributed by atoms with Crippen molar-refractivity contribution < 1.29 is 14.2 Å². The summed E-state index contributed by atoms with van der Waals surface area (Å²) in [5.74, 6) is 2.33. The van der Waals surface area contributed by atoms with E-state index in [1.807, 2.05) is 32.0 Å². The Kier molecular flexibility index (Phi) is 6.82. The molecule has 0 aliphatic carbocycles. The van der Waals surface area contributed by atoms with E-state index in [1.165, 1.54) is 11.1 Å². The van der Waals surface area contributed by atoms with Gasteiger partial charge in [-0.05, 0) is 74.8 Å². The summed E-state index contributed by atoms with van der Waals surface area (Å²) >= 11 is 5.23. The Bertz CT molecular complexity index is 753. The number of ether oxygens (including phenoxy) is 3. The predicted molar refractivity (Wildman–Crippen MR) is 106 cm³/mol. The van der Waals surface area contributed by atoms with Crippen LogP contribution in [0.5, 0.6) is 17.2 Å². The molecule has 3 nitrogen and oxygen atoms in total. The molecule has 0 aliphatic rings. The highest BCUT2D eigenvalue weighted by atomic mass is 32.1. The van der Waals surface area contributed by atoms with E-state index in [-0.39, 0.29) is 0 Å². The first-order valence-electron chi connectivity index (χ1n) is 8.62. The first-order valence-corrected chi connectivity index (χ1v) is 9.03. The van der Waals surface area contributed by atoms with Gasteiger partial charge in [0.2, 0.25) is 0 Å². The maximum absolute atomic E-state index is 6.10. The molecule has 0 unspecified atom stereocenters. The summed E-state index contributed by atoms with van der Waals surface area (Å²) in [6.45, 7) is 11.1. The van der Waals surface area contributed by atoms with Gasteiger partial charge in [0, 0.05) is 6.42 Å². The van der Waals surface area contributed by atoms with Crippen molar-refractivity contribution in [3.8, 4) is 17.2 Å². The summed E-state index contributed by atoms with van der Waals surface area (Å²) in [5.41, 5.74) is 4.46. The van der Waals surface area contributed by atoms with Crippen LogP contribution in [0.25, 0.3) is 0 Å². The quantitative estimate of drug-likeness (QED) is 0.593. The molecule has 0 fully saturated rings. The van der Waals surface area contributed by atoms with Crippen molar-refractivity contribution in [3.63, 3.8) is 0 Å². The van der Waals surface area contributed by atoms with Crippen molar-refractivity contribution in [2.45, 2.75) is 47.6 Å². The van der Waals surface area contributed by atoms with Gasteiger partial charge in [-0.15, -0.1) is 0 Å². The highest BCUT2D eigenvalue weighted by Crippen LogP contribution is 2.31. The third kappa shape index (κ3) is 4.95. The van der Waals surface area contributed by atoms with E-state index in [0.29, 0.717) is 30.4 Å². The Hall–Kier alpha value is -2.07. The largest absolute Gasteiger partial charge is 0.493 e. The van der Waals surface area contributed by atoms with Crippen molar-refractivity contribution in [1.29, 1.82) is 0 Å². The van der Waals surface area contributed by atoms with Crippen LogP contribution in [0.2, 0.25) is 0 Å². The molecule has 134 valence electrons. The van der Waals surface area contributed by atoms with Crippen LogP contribution in [0.3, 0.4) is 0 Å². The molecule has 0 heterocycles. The van der Waals surface area contributed by atoms with E-state index < -0.39 is 0 Å². The van der Waals surface area contributed by atoms with Crippen LogP contribution >= 0.6 is 12.2 Å². The average molecular weight is 359 g/mol. The number of benzene rings is 2. The molecule has 0 saturated carbocycles. The summed E-state index contributed by atoms with van der Waals surface area (Å²) in [4.78, 5) is 0. The minimum Gasteiger partial charge on any atom is -0.493 e. The van der Waals surface area contributed by atoms with E-state index in [1.54, 1.807) is 0 Å². The van der Waals surface area contributed by atoms with Crippen LogP contribution in [0, 0.1) is 20.8 Å². The van der Waals surface area contributed by atoms with Gasteiger partial charge < -0.3 is 14.2 Å². The van der Waals surface area contributed by atoms with E-state index in [4.69, 9.17) is 26.4 Å². The molecular weight excluding hydrogens is 332 g/mol. The van der Waals surface area contributed by atoms with Gasteiger partial charge >= 0.3 is 0 Å². The lowest BCUT2D eigenvalue weighted by atomic mass is 10.1. The molecule has 0 N–H and O–H groups in total. The zero-order valence-corrected chi connectivity index (χ0v) is 16.5. The molecule has 25 heavy (non-hydrogen) atoms. The first-order chi connectivity index (χ1) is 12.0. The lowest BCUT2D eigenvalue weighted by Gasteiger charge is -2.17. The van der Waals surface area contributed by atoms with Gasteiger partial charge in [-0.25, -0.2) is 0 Å². The van der Waals surface area contributed by atoms with Crippen LogP contribution in [0.15, 0.2) is 30.3 Å². The van der Waals surface area contributed by atoms with Gasteiger partial charge in [0.05, 0.1) is 12.2 Å². The van der Waals surface area contributed by atoms with Crippen molar-refractivity contribution in [2.75, 3.05) is 6.61 Å². The van der Waals surface area contributed by atoms with Gasteiger partial charge in [0.15, 0.2) is 5.05 Å². The minimum absolute atomic E-state index is 0.362. The molecule has 2 rings (SSSR count). The van der Waals surface area contributed by atoms with Gasteiger partial charge in [-0.2, -0.15) is 0 Å². The number of thiocarbonyl (C=S) groups is 1. The fraction of sp³-hybridized carbons (Fsp3) is 0.381. The van der Waals surface area contributed by atoms with Gasteiger partial charge in [0.1, 0.15) is 23.9 Å². The van der Waals surface area contributed by atoms with Gasteiger partial charge in [-0.1, -0.05) is 19.1 Å². The average Bonchev–Trinajstić information content (AvgIpc) is 2.58. The number of rotatable bonds is 7. The highest BCUT2D eigenvalue weighted by molar-refractivity contribution is 7.80. The summed E-state index contributed by atoms with van der Waals surface area (Å²) in [7, 11) is 0. The van der Waals surface area contributed by atoms with Crippen molar-refractivity contribution in [1.82, 2.24) is 0 Å². The molecule has 4 heteroatoms. The number of hydrogen-bond donors (Lipinski definition) is 0. The SMILES string of the molecule is CCOc1cccc(OC(=S)CC)c1COc1cc(C)c(C)cc1C. The lowest BCUT2D eigenvalue weighted by Crippen LogP contribution is -2.09. The van der Waals surface area contributed by atoms with Crippen LogP contribution in [0.4, 0.5) is 0 Å². The molecule has 0 radical (unpaired) electrons. The lowest BCUT2D eigenvalue weighted by molar-refractivity contribution is 0.280. The number of aryl methyl sites for hydroxylation is 3. The molecule has 0 atom stereocenters. The Labute approximate surface area is 155 Å². The zero-order valence-electron chi connectivity index (χ0n) is 15.6. The van der Waals surface area contributed by atoms with Crippen LogP contribution in [-0.4, -0.2) is 11.7 Å². The normalized spacial score (nSPS) is 10.4. The van der Waals surface area contributed by atoms with Crippen LogP contribution in [0.1, 0.15) is 42.5 Å². The monoisotopic (exact) mass is 358 g/mol. The smallest absolute Gasteiger partial charge is 0.167 e. The summed E-state index contributed by atoms with van der Waals surface area (Å²) < 4.78 is 17.7. The second-order valence-corrected chi connectivity index (χ2v) is 6.44. The van der Waals surface area contributed by atoms with E-state index >= 15 is 0 Å². The molecular formula is C21H26O3S. The van der Waals surface area contributed by atoms with Gasteiger partial charge in [0.25, 0.3) is 0 Å². The standard InChI is InChI=1S/C21H26O3S/c1-6-21(25)24-19-10-8-9-18(22-7-2)17(19)13-23-20-12-15(4)14(3)11-16(20)5/h8-12H,6-7,13H2,1-5H3. The molecule has 0 saturated heterocycles. The Morgan fingerprint density at radius 1 is 0.880 bits per heavy atom. The van der Waals surface area contributed by atoms with E-state index in [2.05, 4.69) is 32.9 Å². The molecule has 2 aromatic rings. The zero-order chi connectivity index (χ0) is 18.4. The van der Waals surface area contributed by atoms with Crippen molar-refractivity contribution >= 4 is 17.3 Å². The third-order valence-corrected chi connectivity index (χ3v) is 4.44. The first kappa shape index (κ1) is 19.3. The minimum atomic E-state index is 0.362. The fourth-order valence-corrected chi connectivity index (χ4v) is 2.60. The van der Waals surface area contributed by atoms with Crippen LogP contribution in [-0.2, 0) is 6.61 Å². The summed E-state index contributed by atoms with van der Waals surface area (Å²) in [6.07, 6.45) is 0.685. The maximum atomic E-state index is 6.10. The maximum Gasteiger partial charge on any atom is 0.167 e. The summed E-state index contributed by atoms with van der Waals surface area (Å²) in [5, 5.41) is 0.553. The van der Waals surface area contributed by atoms with Gasteiger partial charge in [-0.3, -0.25) is 0 Å². The van der Waals surface area contributed by atoms with Crippen LogP contribution < -0.4 is 14.2 Å². The fourth-order valence-electron chi connectivity index (χ4n) is 2.51.